The van der Waals surface area contributed by atoms with Crippen molar-refractivity contribution in [3.8, 4) is 5.75 Å². The maximum absolute atomic E-state index is 13.3. The fraction of sp³-hybridized carbons (Fsp3) is 0.500. The van der Waals surface area contributed by atoms with Gasteiger partial charge in [-0.1, -0.05) is 11.8 Å². The number of thiocarbonyl (C=S) groups is 1. The third kappa shape index (κ3) is 3.59. The van der Waals surface area contributed by atoms with Gasteiger partial charge in [0.05, 0.1) is 22.4 Å². The van der Waals surface area contributed by atoms with Crippen molar-refractivity contribution in [2.45, 2.75) is 38.5 Å². The van der Waals surface area contributed by atoms with Gasteiger partial charge in [0.15, 0.2) is 4.32 Å². The van der Waals surface area contributed by atoms with Crippen LogP contribution in [0.5, 0.6) is 5.75 Å². The summed E-state index contributed by atoms with van der Waals surface area (Å²) >= 11 is 6.43. The van der Waals surface area contributed by atoms with Gasteiger partial charge in [-0.15, -0.1) is 0 Å². The van der Waals surface area contributed by atoms with E-state index in [4.69, 9.17) is 17.0 Å². The van der Waals surface area contributed by atoms with E-state index in [9.17, 15) is 19.7 Å². The first-order chi connectivity index (χ1) is 15.3. The number of nitrogens with zero attached hydrogens (tertiary/aromatic N) is 2. The number of ether oxygens (including phenoxy) is 1. The SMILES string of the molecule is COc1ccc([N+](=O)[O-])cc1/C=C1/SC(=S)N(NC(=O)C23CC4CC(CC(C4)C2)C3)C1=O. The van der Waals surface area contributed by atoms with Gasteiger partial charge in [-0.2, -0.15) is 5.01 Å². The molecular formula is C22H23N3O5S2. The number of nitro benzene ring substituents is 1. The predicted molar refractivity (Wildman–Crippen MR) is 123 cm³/mol. The molecule has 0 aromatic heterocycles. The molecule has 8 nitrogen and oxygen atoms in total. The van der Waals surface area contributed by atoms with Crippen molar-refractivity contribution in [2.24, 2.45) is 23.2 Å². The number of carbonyl (C=O) groups excluding carboxylic acids is 2. The van der Waals surface area contributed by atoms with Crippen molar-refractivity contribution in [1.82, 2.24) is 10.4 Å². The summed E-state index contributed by atoms with van der Waals surface area (Å²) in [6.45, 7) is 0. The fourth-order valence-electron chi connectivity index (χ4n) is 6.26. The van der Waals surface area contributed by atoms with Crippen molar-refractivity contribution in [2.75, 3.05) is 7.11 Å². The first kappa shape index (κ1) is 21.4. The molecule has 1 aliphatic heterocycles. The molecular weight excluding hydrogens is 450 g/mol. The Morgan fingerprint density at radius 3 is 2.47 bits per heavy atom. The van der Waals surface area contributed by atoms with Gasteiger partial charge < -0.3 is 4.74 Å². The molecule has 1 aromatic rings. The molecule has 4 bridgehead atoms. The predicted octanol–water partition coefficient (Wildman–Crippen LogP) is 4.05. The Labute approximate surface area is 194 Å². The molecule has 0 atom stereocenters. The Hall–Kier alpha value is -2.46. The maximum Gasteiger partial charge on any atom is 0.285 e. The van der Waals surface area contributed by atoms with E-state index in [0.29, 0.717) is 29.1 Å². The number of hydrogen-bond acceptors (Lipinski definition) is 7. The number of hydrogen-bond donors (Lipinski definition) is 1. The van der Waals surface area contributed by atoms with Crippen LogP contribution in [0.2, 0.25) is 0 Å². The van der Waals surface area contributed by atoms with Crippen LogP contribution in [0.3, 0.4) is 0 Å². The molecule has 5 aliphatic rings. The highest BCUT2D eigenvalue weighted by atomic mass is 32.2. The highest BCUT2D eigenvalue weighted by Crippen LogP contribution is 2.60. The lowest BCUT2D eigenvalue weighted by molar-refractivity contribution is -0.384. The molecule has 5 fully saturated rings. The number of nitrogens with one attached hydrogen (secondary N) is 1. The Morgan fingerprint density at radius 1 is 1.28 bits per heavy atom. The topological polar surface area (TPSA) is 102 Å². The molecule has 4 aliphatic carbocycles. The summed E-state index contributed by atoms with van der Waals surface area (Å²) in [6.07, 6.45) is 7.85. The summed E-state index contributed by atoms with van der Waals surface area (Å²) in [5.74, 6) is 1.69. The van der Waals surface area contributed by atoms with Crippen molar-refractivity contribution in [3.05, 3.63) is 38.8 Å². The van der Waals surface area contributed by atoms with Crippen LogP contribution in [-0.4, -0.2) is 33.2 Å². The Bertz CT molecular complexity index is 1030. The van der Waals surface area contributed by atoms with Gasteiger partial charge in [0.25, 0.3) is 11.6 Å². The quantitative estimate of drug-likeness (QED) is 0.298. The molecule has 6 rings (SSSR count). The van der Waals surface area contributed by atoms with Crippen molar-refractivity contribution in [3.63, 3.8) is 0 Å². The average Bonchev–Trinajstić information content (AvgIpc) is 3.00. The van der Waals surface area contributed by atoms with Crippen LogP contribution in [0.4, 0.5) is 5.69 Å². The minimum Gasteiger partial charge on any atom is -0.496 e. The molecule has 2 amide bonds. The minimum absolute atomic E-state index is 0.109. The number of thioether (sulfide) groups is 1. The smallest absolute Gasteiger partial charge is 0.285 e. The van der Waals surface area contributed by atoms with Crippen molar-refractivity contribution in [1.29, 1.82) is 0 Å². The molecule has 32 heavy (non-hydrogen) atoms. The summed E-state index contributed by atoms with van der Waals surface area (Å²) in [6, 6.07) is 4.17. The number of carbonyl (C=O) groups is 2. The molecule has 4 saturated carbocycles. The zero-order valence-corrected chi connectivity index (χ0v) is 19.2. The number of nitro groups is 1. The molecule has 1 N–H and O–H groups in total. The molecule has 0 unspecified atom stereocenters. The third-order valence-corrected chi connectivity index (χ3v) is 8.54. The first-order valence-electron chi connectivity index (χ1n) is 10.7. The van der Waals surface area contributed by atoms with E-state index in [-0.39, 0.29) is 20.8 Å². The summed E-state index contributed by atoms with van der Waals surface area (Å²) in [5.41, 5.74) is 2.70. The summed E-state index contributed by atoms with van der Waals surface area (Å²) in [5, 5.41) is 12.3. The second kappa shape index (κ2) is 7.84. The summed E-state index contributed by atoms with van der Waals surface area (Å²) in [7, 11) is 1.45. The lowest BCUT2D eigenvalue weighted by atomic mass is 9.49. The van der Waals surface area contributed by atoms with E-state index in [0.717, 1.165) is 36.0 Å². The largest absolute Gasteiger partial charge is 0.496 e. The Kier molecular flexibility index (Phi) is 5.24. The van der Waals surface area contributed by atoms with Gasteiger partial charge in [0.2, 0.25) is 5.91 Å². The fourth-order valence-corrected chi connectivity index (χ4v) is 7.43. The second-order valence-corrected chi connectivity index (χ2v) is 11.0. The van der Waals surface area contributed by atoms with Crippen LogP contribution in [0.1, 0.15) is 44.1 Å². The van der Waals surface area contributed by atoms with Crippen molar-refractivity contribution >= 4 is 51.9 Å². The molecule has 168 valence electrons. The Morgan fingerprint density at radius 2 is 1.91 bits per heavy atom. The summed E-state index contributed by atoms with van der Waals surface area (Å²) < 4.78 is 5.52. The van der Waals surface area contributed by atoms with E-state index < -0.39 is 16.2 Å². The number of amides is 2. The van der Waals surface area contributed by atoms with Crippen LogP contribution in [0, 0.1) is 33.3 Å². The van der Waals surface area contributed by atoms with Gasteiger partial charge in [-0.25, -0.2) is 0 Å². The van der Waals surface area contributed by atoms with Crippen LogP contribution in [0.15, 0.2) is 23.1 Å². The number of rotatable bonds is 5. The van der Waals surface area contributed by atoms with E-state index >= 15 is 0 Å². The highest BCUT2D eigenvalue weighted by Gasteiger charge is 2.55. The maximum atomic E-state index is 13.3. The number of hydrazine groups is 1. The molecule has 0 spiro atoms. The molecule has 1 aromatic carbocycles. The van der Waals surface area contributed by atoms with Gasteiger partial charge in [-0.3, -0.25) is 25.1 Å². The zero-order valence-electron chi connectivity index (χ0n) is 17.5. The van der Waals surface area contributed by atoms with Crippen LogP contribution in [0.25, 0.3) is 6.08 Å². The average molecular weight is 474 g/mol. The Balaban J connectivity index is 1.36. The number of non-ortho nitro benzene ring substituents is 1. The molecule has 1 saturated heterocycles. The van der Waals surface area contributed by atoms with Crippen LogP contribution < -0.4 is 10.2 Å². The first-order valence-corrected chi connectivity index (χ1v) is 11.9. The number of methoxy groups -OCH3 is 1. The normalized spacial score (nSPS) is 32.0. The lowest BCUT2D eigenvalue weighted by Crippen LogP contribution is -2.57. The minimum atomic E-state index is -0.506. The lowest BCUT2D eigenvalue weighted by Gasteiger charge is -2.55. The van der Waals surface area contributed by atoms with E-state index in [1.165, 1.54) is 50.6 Å². The monoisotopic (exact) mass is 473 g/mol. The highest BCUT2D eigenvalue weighted by molar-refractivity contribution is 8.26. The summed E-state index contributed by atoms with van der Waals surface area (Å²) in [4.78, 5) is 37.3. The number of benzene rings is 1. The standard InChI is InChI=1S/C22H23N3O5S2/c1-30-17-3-2-16(25(28)29)7-15(17)8-18-19(26)24(21(31)32-18)23-20(27)22-9-12-4-13(10-22)6-14(5-12)11-22/h2-3,7-8,12-14H,4-6,9-11H2,1H3,(H,23,27)/b18-8+. The molecule has 1 heterocycles. The molecule has 10 heteroatoms. The van der Waals surface area contributed by atoms with Gasteiger partial charge >= 0.3 is 0 Å². The van der Waals surface area contributed by atoms with Gasteiger partial charge in [0, 0.05) is 17.7 Å². The van der Waals surface area contributed by atoms with Crippen LogP contribution >= 0.6 is 24.0 Å². The van der Waals surface area contributed by atoms with E-state index in [1.807, 2.05) is 0 Å². The molecule has 0 radical (unpaired) electrons. The van der Waals surface area contributed by atoms with Crippen LogP contribution in [-0.2, 0) is 9.59 Å². The van der Waals surface area contributed by atoms with E-state index in [2.05, 4.69) is 5.43 Å². The van der Waals surface area contributed by atoms with Gasteiger partial charge in [0.1, 0.15) is 5.75 Å². The van der Waals surface area contributed by atoms with Gasteiger partial charge in [-0.05, 0) is 80.6 Å². The van der Waals surface area contributed by atoms with Crippen molar-refractivity contribution < 1.29 is 19.2 Å². The second-order valence-electron chi connectivity index (χ2n) is 9.34. The third-order valence-electron chi connectivity index (χ3n) is 7.24. The zero-order chi connectivity index (χ0) is 22.6. The van der Waals surface area contributed by atoms with E-state index in [1.54, 1.807) is 0 Å².